The van der Waals surface area contributed by atoms with Crippen molar-refractivity contribution in [1.82, 2.24) is 14.5 Å². The fourth-order valence-corrected chi connectivity index (χ4v) is 3.21. The second kappa shape index (κ2) is 6.40. The molecule has 1 aliphatic rings. The van der Waals surface area contributed by atoms with Crippen LogP contribution < -0.4 is 0 Å². The molecule has 0 N–H and O–H groups in total. The molecule has 1 aromatic heterocycles. The maximum Gasteiger partial charge on any atom is 0.124 e. The van der Waals surface area contributed by atoms with Crippen molar-refractivity contribution >= 4 is 11.0 Å². The van der Waals surface area contributed by atoms with Gasteiger partial charge in [0.05, 0.1) is 17.6 Å². The minimum absolute atomic E-state index is 1.01. The highest BCUT2D eigenvalue weighted by Crippen LogP contribution is 2.19. The van der Waals surface area contributed by atoms with Gasteiger partial charge in [-0.15, -0.1) is 0 Å². The van der Waals surface area contributed by atoms with E-state index in [4.69, 9.17) is 4.98 Å². The minimum atomic E-state index is 1.01. The Morgan fingerprint density at radius 1 is 1.05 bits per heavy atom. The summed E-state index contributed by atoms with van der Waals surface area (Å²) in [4.78, 5) is 7.46. The topological polar surface area (TPSA) is 21.1 Å². The van der Waals surface area contributed by atoms with Crippen LogP contribution in [0.25, 0.3) is 11.0 Å². The van der Waals surface area contributed by atoms with Gasteiger partial charge in [0.1, 0.15) is 5.82 Å². The van der Waals surface area contributed by atoms with E-state index in [9.17, 15) is 0 Å². The Hall–Kier alpha value is -1.35. The summed E-state index contributed by atoms with van der Waals surface area (Å²) in [5, 5.41) is 0. The number of hydrogen-bond donors (Lipinski definition) is 0. The molecule has 20 heavy (non-hydrogen) atoms. The average Bonchev–Trinajstić information content (AvgIpc) is 2.64. The average molecular weight is 271 g/mol. The number of nitrogens with zero attached hydrogens (tertiary/aromatic N) is 3. The van der Waals surface area contributed by atoms with Crippen molar-refractivity contribution in [3.05, 3.63) is 30.1 Å². The molecule has 3 nitrogen and oxygen atoms in total. The molecule has 108 valence electrons. The predicted octanol–water partition coefficient (Wildman–Crippen LogP) is 3.82. The van der Waals surface area contributed by atoms with Gasteiger partial charge in [0.15, 0.2) is 0 Å². The van der Waals surface area contributed by atoms with Gasteiger partial charge in [-0.1, -0.05) is 31.9 Å². The minimum Gasteiger partial charge on any atom is -0.327 e. The number of aromatic nitrogens is 2. The Labute approximate surface area is 121 Å². The molecule has 0 amide bonds. The first kappa shape index (κ1) is 13.6. The number of imidazole rings is 1. The van der Waals surface area contributed by atoms with Crippen LogP contribution in [0, 0.1) is 0 Å². The lowest BCUT2D eigenvalue weighted by atomic mass is 10.2. The van der Waals surface area contributed by atoms with E-state index in [-0.39, 0.29) is 0 Å². The monoisotopic (exact) mass is 271 g/mol. The lowest BCUT2D eigenvalue weighted by molar-refractivity contribution is 0.266. The smallest absolute Gasteiger partial charge is 0.124 e. The Morgan fingerprint density at radius 2 is 1.80 bits per heavy atom. The number of para-hydroxylation sites is 2. The van der Waals surface area contributed by atoms with E-state index in [0.29, 0.717) is 0 Å². The summed E-state index contributed by atoms with van der Waals surface area (Å²) in [6.45, 7) is 6.79. The third kappa shape index (κ3) is 2.88. The normalized spacial score (nSPS) is 17.4. The molecule has 0 saturated carbocycles. The van der Waals surface area contributed by atoms with Crippen LogP contribution in [0.5, 0.6) is 0 Å². The molecule has 0 aliphatic carbocycles. The summed E-state index contributed by atoms with van der Waals surface area (Å²) in [6, 6.07) is 8.53. The van der Waals surface area contributed by atoms with Crippen molar-refractivity contribution in [1.29, 1.82) is 0 Å². The number of likely N-dealkylation sites (tertiary alicyclic amines) is 1. The molecule has 2 aromatic rings. The molecule has 3 heteroatoms. The zero-order valence-electron chi connectivity index (χ0n) is 12.5. The lowest BCUT2D eigenvalue weighted by Crippen LogP contribution is -2.26. The quantitative estimate of drug-likeness (QED) is 0.843. The maximum atomic E-state index is 4.88. The summed E-state index contributed by atoms with van der Waals surface area (Å²) < 4.78 is 2.42. The molecule has 3 rings (SSSR count). The molecule has 2 heterocycles. The van der Waals surface area contributed by atoms with E-state index in [1.807, 2.05) is 0 Å². The largest absolute Gasteiger partial charge is 0.327 e. The summed E-state index contributed by atoms with van der Waals surface area (Å²) in [6.07, 6.45) is 6.62. The van der Waals surface area contributed by atoms with Gasteiger partial charge in [0, 0.05) is 6.54 Å². The molecule has 1 aliphatic heterocycles. The van der Waals surface area contributed by atoms with Gasteiger partial charge < -0.3 is 4.57 Å². The zero-order valence-corrected chi connectivity index (χ0v) is 12.5. The summed E-state index contributed by atoms with van der Waals surface area (Å²) in [5.41, 5.74) is 2.44. The van der Waals surface area contributed by atoms with E-state index < -0.39 is 0 Å². The van der Waals surface area contributed by atoms with Gasteiger partial charge in [-0.3, -0.25) is 4.90 Å². The van der Waals surface area contributed by atoms with E-state index in [1.165, 1.54) is 50.1 Å². The fraction of sp³-hybridized carbons (Fsp3) is 0.588. The molecule has 0 radical (unpaired) electrons. The van der Waals surface area contributed by atoms with Crippen LogP contribution >= 0.6 is 0 Å². The van der Waals surface area contributed by atoms with Crippen LogP contribution in [-0.4, -0.2) is 27.5 Å². The molecular formula is C17H25N3. The first-order valence-electron chi connectivity index (χ1n) is 8.05. The molecular weight excluding hydrogens is 246 g/mol. The SMILES string of the molecule is CCCn1c(CN2CCCCCC2)nc2ccccc21. The van der Waals surface area contributed by atoms with Crippen molar-refractivity contribution < 1.29 is 0 Å². The fourth-order valence-electron chi connectivity index (χ4n) is 3.21. The van der Waals surface area contributed by atoms with Gasteiger partial charge in [0.2, 0.25) is 0 Å². The van der Waals surface area contributed by atoms with Crippen LogP contribution in [0.4, 0.5) is 0 Å². The standard InChI is InChI=1S/C17H25N3/c1-2-11-20-16-10-6-5-9-15(16)18-17(20)14-19-12-7-3-4-8-13-19/h5-6,9-10H,2-4,7-8,11-14H2,1H3. The van der Waals surface area contributed by atoms with Crippen molar-refractivity contribution in [2.75, 3.05) is 13.1 Å². The van der Waals surface area contributed by atoms with E-state index in [2.05, 4.69) is 40.7 Å². The van der Waals surface area contributed by atoms with Crippen LogP contribution in [0.1, 0.15) is 44.9 Å². The lowest BCUT2D eigenvalue weighted by Gasteiger charge is -2.20. The molecule has 1 saturated heterocycles. The van der Waals surface area contributed by atoms with Crippen LogP contribution in [0.3, 0.4) is 0 Å². The van der Waals surface area contributed by atoms with E-state index in [1.54, 1.807) is 0 Å². The van der Waals surface area contributed by atoms with Crippen LogP contribution in [-0.2, 0) is 13.1 Å². The maximum absolute atomic E-state index is 4.88. The first-order chi connectivity index (χ1) is 9.88. The van der Waals surface area contributed by atoms with Gasteiger partial charge in [-0.2, -0.15) is 0 Å². The van der Waals surface area contributed by atoms with Gasteiger partial charge in [-0.25, -0.2) is 4.98 Å². The first-order valence-corrected chi connectivity index (χ1v) is 8.05. The molecule has 0 atom stereocenters. The second-order valence-corrected chi connectivity index (χ2v) is 5.86. The van der Waals surface area contributed by atoms with E-state index in [0.717, 1.165) is 25.0 Å². The van der Waals surface area contributed by atoms with Gasteiger partial charge in [0.25, 0.3) is 0 Å². The van der Waals surface area contributed by atoms with Gasteiger partial charge >= 0.3 is 0 Å². The Balaban J connectivity index is 1.87. The highest BCUT2D eigenvalue weighted by molar-refractivity contribution is 5.75. The molecule has 0 bridgehead atoms. The molecule has 1 aromatic carbocycles. The van der Waals surface area contributed by atoms with E-state index >= 15 is 0 Å². The number of aryl methyl sites for hydroxylation is 1. The predicted molar refractivity (Wildman–Crippen MR) is 83.8 cm³/mol. The van der Waals surface area contributed by atoms with Crippen molar-refractivity contribution in [2.45, 2.75) is 52.1 Å². The van der Waals surface area contributed by atoms with Crippen molar-refractivity contribution in [2.24, 2.45) is 0 Å². The Morgan fingerprint density at radius 3 is 2.55 bits per heavy atom. The third-order valence-corrected chi connectivity index (χ3v) is 4.24. The number of hydrogen-bond acceptors (Lipinski definition) is 2. The zero-order chi connectivity index (χ0) is 13.8. The summed E-state index contributed by atoms with van der Waals surface area (Å²) in [5.74, 6) is 1.25. The number of benzene rings is 1. The molecule has 0 spiro atoms. The second-order valence-electron chi connectivity index (χ2n) is 5.86. The van der Waals surface area contributed by atoms with Crippen LogP contribution in [0.2, 0.25) is 0 Å². The molecule has 1 fully saturated rings. The summed E-state index contributed by atoms with van der Waals surface area (Å²) >= 11 is 0. The third-order valence-electron chi connectivity index (χ3n) is 4.24. The van der Waals surface area contributed by atoms with Crippen molar-refractivity contribution in [3.8, 4) is 0 Å². The molecule has 0 unspecified atom stereocenters. The van der Waals surface area contributed by atoms with Crippen molar-refractivity contribution in [3.63, 3.8) is 0 Å². The Bertz CT molecular complexity index is 550. The summed E-state index contributed by atoms with van der Waals surface area (Å²) in [7, 11) is 0. The highest BCUT2D eigenvalue weighted by Gasteiger charge is 2.15. The number of rotatable bonds is 4. The highest BCUT2D eigenvalue weighted by atomic mass is 15.2. The van der Waals surface area contributed by atoms with Crippen LogP contribution in [0.15, 0.2) is 24.3 Å². The Kier molecular flexibility index (Phi) is 4.36. The number of fused-ring (bicyclic) bond motifs is 1. The van der Waals surface area contributed by atoms with Gasteiger partial charge in [-0.05, 0) is 44.5 Å².